The number of nitrogens with one attached hydrogen (secondary N) is 1. The Bertz CT molecular complexity index is 1390. The van der Waals surface area contributed by atoms with E-state index in [-0.39, 0.29) is 17.8 Å². The van der Waals surface area contributed by atoms with Crippen LogP contribution < -0.4 is 15.5 Å². The molecular formula is C25H20N4O3. The highest BCUT2D eigenvalue weighted by molar-refractivity contribution is 5.91. The number of aryl methyl sites for hydroxylation is 2. The number of rotatable bonds is 6. The van der Waals surface area contributed by atoms with Crippen LogP contribution >= 0.6 is 0 Å². The van der Waals surface area contributed by atoms with Crippen molar-refractivity contribution in [2.24, 2.45) is 0 Å². The first-order valence-corrected chi connectivity index (χ1v) is 10.1. The minimum Gasteiger partial charge on any atom is -0.457 e. The molecular weight excluding hydrogens is 404 g/mol. The Kier molecular flexibility index (Phi) is 5.95. The fourth-order valence-corrected chi connectivity index (χ4v) is 3.33. The summed E-state index contributed by atoms with van der Waals surface area (Å²) in [6.07, 6.45) is 1.49. The molecule has 0 radical (unpaired) electrons. The van der Waals surface area contributed by atoms with Crippen molar-refractivity contribution in [3.63, 3.8) is 0 Å². The van der Waals surface area contributed by atoms with E-state index in [1.165, 1.54) is 6.20 Å². The summed E-state index contributed by atoms with van der Waals surface area (Å²) in [6, 6.07) is 21.5. The van der Waals surface area contributed by atoms with E-state index in [2.05, 4.69) is 16.5 Å². The number of aromatic nitrogens is 2. The molecule has 32 heavy (non-hydrogen) atoms. The van der Waals surface area contributed by atoms with Crippen molar-refractivity contribution in [2.45, 2.75) is 19.9 Å². The SMILES string of the molecule is Cc1cc(Oc2ccc(C#N)cc2)ccc1NC(=O)CCn1ncc(=O)c2ccccc21. The second-order valence-corrected chi connectivity index (χ2v) is 7.26. The van der Waals surface area contributed by atoms with Crippen molar-refractivity contribution in [1.82, 2.24) is 9.78 Å². The molecule has 158 valence electrons. The number of ether oxygens (including phenoxy) is 1. The number of nitriles is 1. The van der Waals surface area contributed by atoms with E-state index in [9.17, 15) is 9.59 Å². The molecule has 0 saturated heterocycles. The normalized spacial score (nSPS) is 10.5. The van der Waals surface area contributed by atoms with Gasteiger partial charge in [-0.25, -0.2) is 0 Å². The van der Waals surface area contributed by atoms with Gasteiger partial charge in [0.2, 0.25) is 11.3 Å². The molecule has 0 atom stereocenters. The van der Waals surface area contributed by atoms with Gasteiger partial charge in [0.1, 0.15) is 11.5 Å². The molecule has 3 aromatic carbocycles. The molecule has 1 amide bonds. The van der Waals surface area contributed by atoms with Crippen LogP contribution in [0.1, 0.15) is 17.5 Å². The second kappa shape index (κ2) is 9.14. The van der Waals surface area contributed by atoms with E-state index in [4.69, 9.17) is 10.00 Å². The predicted molar refractivity (Wildman–Crippen MR) is 122 cm³/mol. The van der Waals surface area contributed by atoms with E-state index in [0.717, 1.165) is 5.56 Å². The number of amides is 1. The van der Waals surface area contributed by atoms with Crippen molar-refractivity contribution >= 4 is 22.5 Å². The van der Waals surface area contributed by atoms with Gasteiger partial charge in [0, 0.05) is 17.5 Å². The molecule has 0 aliphatic heterocycles. The summed E-state index contributed by atoms with van der Waals surface area (Å²) in [7, 11) is 0. The summed E-state index contributed by atoms with van der Waals surface area (Å²) < 4.78 is 7.48. The topological polar surface area (TPSA) is 97.0 Å². The number of benzene rings is 3. The Morgan fingerprint density at radius 3 is 2.59 bits per heavy atom. The van der Waals surface area contributed by atoms with Crippen molar-refractivity contribution in [3.8, 4) is 17.6 Å². The van der Waals surface area contributed by atoms with Crippen LogP contribution in [0.5, 0.6) is 11.5 Å². The fraction of sp³-hybridized carbons (Fsp3) is 0.120. The third kappa shape index (κ3) is 4.65. The third-order valence-corrected chi connectivity index (χ3v) is 5.00. The number of nitrogens with zero attached hydrogens (tertiary/aromatic N) is 3. The maximum absolute atomic E-state index is 12.5. The van der Waals surface area contributed by atoms with Gasteiger partial charge in [-0.1, -0.05) is 12.1 Å². The monoisotopic (exact) mass is 424 g/mol. The van der Waals surface area contributed by atoms with Crippen molar-refractivity contribution in [2.75, 3.05) is 5.32 Å². The summed E-state index contributed by atoms with van der Waals surface area (Å²) in [5, 5.41) is 16.5. The number of hydrogen-bond donors (Lipinski definition) is 1. The van der Waals surface area contributed by atoms with E-state index in [1.54, 1.807) is 53.2 Å². The highest BCUT2D eigenvalue weighted by Gasteiger charge is 2.09. The van der Waals surface area contributed by atoms with E-state index < -0.39 is 0 Å². The Labute approximate surface area is 184 Å². The molecule has 0 fully saturated rings. The van der Waals surface area contributed by atoms with Gasteiger partial charge < -0.3 is 10.1 Å². The minimum atomic E-state index is -0.154. The second-order valence-electron chi connectivity index (χ2n) is 7.26. The highest BCUT2D eigenvalue weighted by Crippen LogP contribution is 2.26. The molecule has 7 nitrogen and oxygen atoms in total. The molecule has 0 aliphatic rings. The van der Waals surface area contributed by atoms with Crippen LogP contribution in [0.15, 0.2) is 77.7 Å². The standard InChI is InChI=1S/C25H20N4O3/c1-17-14-20(32-19-8-6-18(15-26)7-9-19)10-11-22(17)28-25(31)12-13-29-23-5-3-2-4-21(23)24(30)16-27-29/h2-11,14,16H,12-13H2,1H3,(H,28,31). The quantitative estimate of drug-likeness (QED) is 0.495. The number of fused-ring (bicyclic) bond motifs is 1. The van der Waals surface area contributed by atoms with Crippen LogP contribution in [0.3, 0.4) is 0 Å². The zero-order valence-electron chi connectivity index (χ0n) is 17.4. The fourth-order valence-electron chi connectivity index (χ4n) is 3.33. The third-order valence-electron chi connectivity index (χ3n) is 5.00. The average molecular weight is 424 g/mol. The molecule has 0 aliphatic carbocycles. The lowest BCUT2D eigenvalue weighted by Crippen LogP contribution is -2.18. The van der Waals surface area contributed by atoms with Gasteiger partial charge in [-0.05, 0) is 67.1 Å². The summed E-state index contributed by atoms with van der Waals surface area (Å²) in [5.41, 5.74) is 2.68. The number of para-hydroxylation sites is 1. The molecule has 7 heteroatoms. The van der Waals surface area contributed by atoms with Gasteiger partial charge in [0.25, 0.3) is 0 Å². The number of hydrogen-bond acceptors (Lipinski definition) is 5. The van der Waals surface area contributed by atoms with Crippen LogP contribution in [-0.2, 0) is 11.3 Å². The first-order chi connectivity index (χ1) is 15.5. The Morgan fingerprint density at radius 2 is 1.84 bits per heavy atom. The van der Waals surface area contributed by atoms with E-state index in [0.29, 0.717) is 40.2 Å². The molecule has 0 unspecified atom stereocenters. The Morgan fingerprint density at radius 1 is 1.09 bits per heavy atom. The van der Waals surface area contributed by atoms with Gasteiger partial charge in [0.15, 0.2) is 0 Å². The molecule has 1 N–H and O–H groups in total. The first kappa shape index (κ1) is 20.8. The van der Waals surface area contributed by atoms with Gasteiger partial charge >= 0.3 is 0 Å². The summed E-state index contributed by atoms with van der Waals surface area (Å²) >= 11 is 0. The van der Waals surface area contributed by atoms with Crippen molar-refractivity contribution < 1.29 is 9.53 Å². The minimum absolute atomic E-state index is 0.139. The predicted octanol–water partition coefficient (Wildman–Crippen LogP) is 4.40. The van der Waals surface area contributed by atoms with Crippen molar-refractivity contribution in [3.05, 3.63) is 94.3 Å². The van der Waals surface area contributed by atoms with Crippen LogP contribution in [0, 0.1) is 18.3 Å². The summed E-state index contributed by atoms with van der Waals surface area (Å²) in [5.74, 6) is 1.11. The number of anilines is 1. The molecule has 0 bridgehead atoms. The van der Waals surface area contributed by atoms with Crippen LogP contribution in [0.25, 0.3) is 10.9 Å². The van der Waals surface area contributed by atoms with Gasteiger partial charge in [-0.3, -0.25) is 14.3 Å². The molecule has 1 aromatic heterocycles. The lowest BCUT2D eigenvalue weighted by molar-refractivity contribution is -0.116. The molecule has 1 heterocycles. The summed E-state index contributed by atoms with van der Waals surface area (Å²) in [4.78, 5) is 24.4. The molecule has 0 saturated carbocycles. The zero-order valence-corrected chi connectivity index (χ0v) is 17.4. The molecule has 4 aromatic rings. The lowest BCUT2D eigenvalue weighted by Gasteiger charge is -2.12. The van der Waals surface area contributed by atoms with Gasteiger partial charge in [0.05, 0.1) is 29.9 Å². The van der Waals surface area contributed by atoms with E-state index >= 15 is 0 Å². The maximum atomic E-state index is 12.5. The average Bonchev–Trinajstić information content (AvgIpc) is 2.81. The van der Waals surface area contributed by atoms with Crippen LogP contribution in [0.4, 0.5) is 5.69 Å². The first-order valence-electron chi connectivity index (χ1n) is 10.1. The Balaban J connectivity index is 1.40. The molecule has 4 rings (SSSR count). The summed E-state index contributed by atoms with van der Waals surface area (Å²) in [6.45, 7) is 2.24. The van der Waals surface area contributed by atoms with Crippen molar-refractivity contribution in [1.29, 1.82) is 5.26 Å². The number of carbonyl (C=O) groups is 1. The van der Waals surface area contributed by atoms with Gasteiger partial charge in [-0.15, -0.1) is 0 Å². The van der Waals surface area contributed by atoms with Crippen LogP contribution in [0.2, 0.25) is 0 Å². The Hall–Kier alpha value is -4.44. The lowest BCUT2D eigenvalue weighted by atomic mass is 10.2. The molecule has 0 spiro atoms. The highest BCUT2D eigenvalue weighted by atomic mass is 16.5. The zero-order chi connectivity index (χ0) is 22.5. The smallest absolute Gasteiger partial charge is 0.226 e. The number of carbonyl (C=O) groups excluding carboxylic acids is 1. The van der Waals surface area contributed by atoms with E-state index in [1.807, 2.05) is 25.1 Å². The largest absolute Gasteiger partial charge is 0.457 e. The maximum Gasteiger partial charge on any atom is 0.226 e. The van der Waals surface area contributed by atoms with Crippen LogP contribution in [-0.4, -0.2) is 15.7 Å². The van der Waals surface area contributed by atoms with Gasteiger partial charge in [-0.2, -0.15) is 10.4 Å².